The number of sulfonamides is 1. The quantitative estimate of drug-likeness (QED) is 0.716. The van der Waals surface area contributed by atoms with E-state index in [0.29, 0.717) is 10.0 Å². The number of ether oxygens (including phenoxy) is 1. The van der Waals surface area contributed by atoms with Crippen LogP contribution < -0.4 is 4.72 Å². The van der Waals surface area contributed by atoms with Crippen LogP contribution in [-0.4, -0.2) is 21.5 Å². The molecule has 0 fully saturated rings. The van der Waals surface area contributed by atoms with E-state index in [1.807, 2.05) is 26.0 Å². The molecule has 0 spiro atoms. The van der Waals surface area contributed by atoms with Crippen LogP contribution in [0, 0.1) is 13.8 Å². The van der Waals surface area contributed by atoms with Gasteiger partial charge in [-0.2, -0.15) is 0 Å². The predicted molar refractivity (Wildman–Crippen MR) is 99.8 cm³/mol. The Kier molecular flexibility index (Phi) is 6.37. The van der Waals surface area contributed by atoms with Crippen molar-refractivity contribution in [2.24, 2.45) is 0 Å². The Morgan fingerprint density at radius 2 is 1.72 bits per heavy atom. The Bertz CT molecular complexity index is 863. The number of hydrogen-bond acceptors (Lipinski definition) is 4. The van der Waals surface area contributed by atoms with Crippen molar-refractivity contribution in [2.75, 3.05) is 7.11 Å². The molecule has 1 N–H and O–H groups in total. The van der Waals surface area contributed by atoms with Gasteiger partial charge in [0.15, 0.2) is 0 Å². The molecule has 0 saturated carbocycles. The Labute approximate surface area is 156 Å². The third kappa shape index (κ3) is 5.14. The molecule has 0 radical (unpaired) electrons. The molecule has 0 amide bonds. The van der Waals surface area contributed by atoms with E-state index in [0.717, 1.165) is 11.1 Å². The largest absolute Gasteiger partial charge is 0.469 e. The molecule has 7 heteroatoms. The van der Waals surface area contributed by atoms with Crippen molar-refractivity contribution in [2.45, 2.75) is 31.2 Å². The second kappa shape index (κ2) is 8.12. The summed E-state index contributed by atoms with van der Waals surface area (Å²) in [6.45, 7) is 3.81. The van der Waals surface area contributed by atoms with E-state index in [2.05, 4.69) is 20.7 Å². The molecule has 1 atom stereocenters. The zero-order chi connectivity index (χ0) is 18.6. The van der Waals surface area contributed by atoms with Crippen LogP contribution >= 0.6 is 15.9 Å². The lowest BCUT2D eigenvalue weighted by Gasteiger charge is -2.19. The number of hydrogen-bond donors (Lipinski definition) is 1. The number of carbonyl (C=O) groups excluding carboxylic acids is 1. The van der Waals surface area contributed by atoms with Crippen molar-refractivity contribution in [1.82, 2.24) is 4.72 Å². The van der Waals surface area contributed by atoms with Gasteiger partial charge < -0.3 is 4.74 Å². The zero-order valence-corrected chi connectivity index (χ0v) is 16.6. The molecule has 25 heavy (non-hydrogen) atoms. The fourth-order valence-electron chi connectivity index (χ4n) is 2.35. The lowest BCUT2D eigenvalue weighted by Crippen LogP contribution is -2.30. The van der Waals surface area contributed by atoms with E-state index in [9.17, 15) is 13.2 Å². The number of aryl methyl sites for hydroxylation is 2. The van der Waals surface area contributed by atoms with Crippen LogP contribution in [-0.2, 0) is 19.6 Å². The van der Waals surface area contributed by atoms with Crippen LogP contribution in [0.1, 0.15) is 29.2 Å². The molecule has 2 aromatic rings. The van der Waals surface area contributed by atoms with Gasteiger partial charge in [0, 0.05) is 4.47 Å². The van der Waals surface area contributed by atoms with Crippen molar-refractivity contribution in [1.29, 1.82) is 0 Å². The summed E-state index contributed by atoms with van der Waals surface area (Å²) >= 11 is 3.29. The molecule has 0 aliphatic carbocycles. The van der Waals surface area contributed by atoms with E-state index in [1.54, 1.807) is 24.3 Å². The van der Waals surface area contributed by atoms with Gasteiger partial charge in [0.05, 0.1) is 24.5 Å². The van der Waals surface area contributed by atoms with Gasteiger partial charge >= 0.3 is 5.97 Å². The van der Waals surface area contributed by atoms with Gasteiger partial charge in [-0.3, -0.25) is 4.79 Å². The molecule has 134 valence electrons. The van der Waals surface area contributed by atoms with Crippen molar-refractivity contribution in [3.63, 3.8) is 0 Å². The second-order valence-corrected chi connectivity index (χ2v) is 8.34. The van der Waals surface area contributed by atoms with Gasteiger partial charge in [-0.05, 0) is 53.0 Å². The van der Waals surface area contributed by atoms with Gasteiger partial charge in [-0.25, -0.2) is 13.1 Å². The maximum absolute atomic E-state index is 12.8. The van der Waals surface area contributed by atoms with Crippen LogP contribution in [0.2, 0.25) is 0 Å². The molecule has 0 aromatic heterocycles. The van der Waals surface area contributed by atoms with Crippen LogP contribution in [0.15, 0.2) is 51.8 Å². The average Bonchev–Trinajstić information content (AvgIpc) is 2.54. The minimum Gasteiger partial charge on any atom is -0.469 e. The Hall–Kier alpha value is -1.70. The minimum absolute atomic E-state index is 0.0950. The van der Waals surface area contributed by atoms with Gasteiger partial charge in [-0.15, -0.1) is 0 Å². The number of methoxy groups -OCH3 is 1. The highest BCUT2D eigenvalue weighted by Crippen LogP contribution is 2.26. The first-order valence-electron chi connectivity index (χ1n) is 7.65. The third-order valence-corrected chi connectivity index (χ3v) is 6.20. The molecule has 0 aliphatic rings. The highest BCUT2D eigenvalue weighted by molar-refractivity contribution is 9.10. The van der Waals surface area contributed by atoms with E-state index in [4.69, 9.17) is 4.74 Å². The van der Waals surface area contributed by atoms with Crippen molar-refractivity contribution in [3.05, 3.63) is 63.6 Å². The van der Waals surface area contributed by atoms with Crippen molar-refractivity contribution in [3.8, 4) is 0 Å². The fourth-order valence-corrected chi connectivity index (χ4v) is 4.77. The summed E-state index contributed by atoms with van der Waals surface area (Å²) in [4.78, 5) is 11.9. The molecule has 0 unspecified atom stereocenters. The summed E-state index contributed by atoms with van der Waals surface area (Å²) < 4.78 is 33.4. The summed E-state index contributed by atoms with van der Waals surface area (Å²) in [5, 5.41) is 0. The Morgan fingerprint density at radius 1 is 1.12 bits per heavy atom. The maximum Gasteiger partial charge on any atom is 0.307 e. The summed E-state index contributed by atoms with van der Waals surface area (Å²) in [5.41, 5.74) is 2.68. The number of carbonyl (C=O) groups is 1. The predicted octanol–water partition coefficient (Wildman–Crippen LogP) is 3.65. The molecule has 2 aromatic carbocycles. The Balaban J connectivity index is 2.37. The van der Waals surface area contributed by atoms with Crippen LogP contribution in [0.25, 0.3) is 0 Å². The summed E-state index contributed by atoms with van der Waals surface area (Å²) in [6.07, 6.45) is -0.0950. The monoisotopic (exact) mass is 425 g/mol. The molecule has 5 nitrogen and oxygen atoms in total. The first-order chi connectivity index (χ1) is 11.7. The van der Waals surface area contributed by atoms with E-state index < -0.39 is 22.0 Å². The normalized spacial score (nSPS) is 12.6. The molecular weight excluding hydrogens is 406 g/mol. The number of benzene rings is 2. The zero-order valence-electron chi connectivity index (χ0n) is 14.2. The average molecular weight is 426 g/mol. The van der Waals surface area contributed by atoms with Gasteiger partial charge in [0.1, 0.15) is 0 Å². The minimum atomic E-state index is -3.82. The standard InChI is InChI=1S/C18H20BrNO4S/c1-12-4-7-14(8-5-12)16(11-18(21)24-3)20-25(22,23)17-9-6-13(2)10-15(17)19/h4-10,16,20H,11H2,1-3H3/t16-/m1/s1. The molecule has 0 aliphatic heterocycles. The van der Waals surface area contributed by atoms with Crippen LogP contribution in [0.4, 0.5) is 0 Å². The summed E-state index contributed by atoms with van der Waals surface area (Å²) in [6, 6.07) is 11.6. The van der Waals surface area contributed by atoms with Gasteiger partial charge in [-0.1, -0.05) is 35.9 Å². The molecule has 0 heterocycles. The highest BCUT2D eigenvalue weighted by Gasteiger charge is 2.25. The lowest BCUT2D eigenvalue weighted by atomic mass is 10.0. The third-order valence-electron chi connectivity index (χ3n) is 3.75. The smallest absolute Gasteiger partial charge is 0.307 e. The first kappa shape index (κ1) is 19.6. The number of nitrogens with one attached hydrogen (secondary N) is 1. The van der Waals surface area contributed by atoms with Crippen LogP contribution in [0.5, 0.6) is 0 Å². The van der Waals surface area contributed by atoms with Crippen molar-refractivity contribution < 1.29 is 17.9 Å². The van der Waals surface area contributed by atoms with Crippen molar-refractivity contribution >= 4 is 31.9 Å². The topological polar surface area (TPSA) is 72.5 Å². The lowest BCUT2D eigenvalue weighted by molar-refractivity contribution is -0.141. The fraction of sp³-hybridized carbons (Fsp3) is 0.278. The van der Waals surface area contributed by atoms with Gasteiger partial charge in [0.25, 0.3) is 0 Å². The first-order valence-corrected chi connectivity index (χ1v) is 9.92. The van der Waals surface area contributed by atoms with E-state index >= 15 is 0 Å². The van der Waals surface area contributed by atoms with Gasteiger partial charge in [0.2, 0.25) is 10.0 Å². The number of esters is 1. The number of halogens is 1. The summed E-state index contributed by atoms with van der Waals surface area (Å²) in [7, 11) is -2.55. The SMILES string of the molecule is COC(=O)C[C@@H](NS(=O)(=O)c1ccc(C)cc1Br)c1ccc(C)cc1. The summed E-state index contributed by atoms with van der Waals surface area (Å²) in [5.74, 6) is -0.490. The molecule has 0 bridgehead atoms. The van der Waals surface area contributed by atoms with Crippen LogP contribution in [0.3, 0.4) is 0 Å². The molecule has 0 saturated heterocycles. The number of rotatable bonds is 6. The van der Waals surface area contributed by atoms with E-state index in [1.165, 1.54) is 13.2 Å². The Morgan fingerprint density at radius 3 is 2.28 bits per heavy atom. The van der Waals surface area contributed by atoms with E-state index in [-0.39, 0.29) is 11.3 Å². The molecular formula is C18H20BrNO4S. The second-order valence-electron chi connectivity index (χ2n) is 5.80. The molecule has 2 rings (SSSR count). The highest BCUT2D eigenvalue weighted by atomic mass is 79.9. The maximum atomic E-state index is 12.8.